The zero-order chi connectivity index (χ0) is 8.16. The van der Waals surface area contributed by atoms with Crippen molar-refractivity contribution in [1.82, 2.24) is 0 Å². The van der Waals surface area contributed by atoms with Crippen LogP contribution in [0.3, 0.4) is 0 Å². The molecule has 1 rings (SSSR count). The summed E-state index contributed by atoms with van der Waals surface area (Å²) in [6.45, 7) is 3.04. The minimum atomic E-state index is -1.43. The lowest BCUT2D eigenvalue weighted by Gasteiger charge is -2.12. The van der Waals surface area contributed by atoms with Crippen molar-refractivity contribution in [2.75, 3.05) is 18.1 Å². The van der Waals surface area contributed by atoms with Gasteiger partial charge in [-0.15, -0.1) is 0 Å². The van der Waals surface area contributed by atoms with Crippen molar-refractivity contribution >= 4 is 39.2 Å². The molecule has 0 aromatic rings. The lowest BCUT2D eigenvalue weighted by molar-refractivity contribution is 0.355. The monoisotopic (exact) mass is 228 g/mol. The molecule has 1 heterocycles. The fourth-order valence-electron chi connectivity index (χ4n) is 0.731. The fraction of sp³-hybridized carbons (Fsp3) is 1.00. The molecule has 0 aromatic heterocycles. The minimum Gasteiger partial charge on any atom is -0.334 e. The Kier molecular flexibility index (Phi) is 4.85. The Morgan fingerprint density at radius 3 is 2.64 bits per heavy atom. The van der Waals surface area contributed by atoms with Crippen molar-refractivity contribution in [3.8, 4) is 0 Å². The summed E-state index contributed by atoms with van der Waals surface area (Å²) < 4.78 is 4.25. The van der Waals surface area contributed by atoms with Crippen LogP contribution in [-0.2, 0) is 16.3 Å². The summed E-state index contributed by atoms with van der Waals surface area (Å²) in [7, 11) is 0. The second kappa shape index (κ2) is 5.13. The van der Waals surface area contributed by atoms with Gasteiger partial charge < -0.3 is 4.52 Å². The van der Waals surface area contributed by atoms with Gasteiger partial charge in [0.1, 0.15) is 0 Å². The normalized spacial score (nSPS) is 22.3. The highest BCUT2D eigenvalue weighted by Crippen LogP contribution is 2.74. The predicted octanol–water partition coefficient (Wildman–Crippen LogP) is 3.51. The Labute approximate surface area is 81.6 Å². The number of hydrogen-bond acceptors (Lipinski definition) is 4. The molecule has 0 atom stereocenters. The van der Waals surface area contributed by atoms with Crippen LogP contribution in [0.5, 0.6) is 0 Å². The Bertz CT molecular complexity index is 152. The Hall–Kier alpha value is 1.31. The molecule has 11 heavy (non-hydrogen) atoms. The third kappa shape index (κ3) is 3.69. The molecule has 0 aromatic carbocycles. The highest BCUT2D eigenvalue weighted by atomic mass is 33.2. The first-order chi connectivity index (χ1) is 5.27. The van der Waals surface area contributed by atoms with Gasteiger partial charge in [-0.2, -0.15) is 0 Å². The van der Waals surface area contributed by atoms with Crippen LogP contribution in [0.4, 0.5) is 0 Å². The van der Waals surface area contributed by atoms with Crippen LogP contribution in [-0.4, -0.2) is 18.1 Å². The van der Waals surface area contributed by atoms with Gasteiger partial charge in [-0.3, -0.25) is 0 Å². The van der Waals surface area contributed by atoms with E-state index in [4.69, 9.17) is 16.3 Å². The quantitative estimate of drug-likeness (QED) is 0.537. The summed E-state index contributed by atoms with van der Waals surface area (Å²) in [6.07, 6.45) is 2.35. The minimum absolute atomic E-state index is 0.869. The molecule has 1 aliphatic heterocycles. The first kappa shape index (κ1) is 10.4. The van der Waals surface area contributed by atoms with Gasteiger partial charge in [-0.1, -0.05) is 36.1 Å². The lowest BCUT2D eigenvalue weighted by Crippen LogP contribution is -1.85. The van der Waals surface area contributed by atoms with Crippen LogP contribution < -0.4 is 0 Å². The maximum atomic E-state index is 5.68. The zero-order valence-corrected chi connectivity index (χ0v) is 9.96. The molecule has 1 fully saturated rings. The van der Waals surface area contributed by atoms with Crippen molar-refractivity contribution in [3.63, 3.8) is 0 Å². The fourth-order valence-corrected chi connectivity index (χ4v) is 9.73. The molecular weight excluding hydrogens is 215 g/mol. The Balaban J connectivity index is 2.18. The predicted molar refractivity (Wildman–Crippen MR) is 60.1 cm³/mol. The van der Waals surface area contributed by atoms with Gasteiger partial charge in [0.15, 0.2) is 4.67 Å². The standard InChI is InChI=1S/C6H13OPS3/c1-2-3-4-7-8(9)10-5-6-11-8/h2-6H2,1H3. The molecule has 0 amide bonds. The third-order valence-electron chi connectivity index (χ3n) is 1.33. The molecular formula is C6H13OPS3. The van der Waals surface area contributed by atoms with Crippen LogP contribution in [0.15, 0.2) is 0 Å². The molecule has 0 saturated carbocycles. The topological polar surface area (TPSA) is 9.23 Å². The van der Waals surface area contributed by atoms with Crippen LogP contribution in [0.1, 0.15) is 19.8 Å². The summed E-state index contributed by atoms with van der Waals surface area (Å²) in [5.41, 5.74) is 0. The van der Waals surface area contributed by atoms with Gasteiger partial charge in [0.2, 0.25) is 0 Å². The summed E-state index contributed by atoms with van der Waals surface area (Å²) in [5.74, 6) is 2.38. The molecule has 66 valence electrons. The van der Waals surface area contributed by atoms with Crippen LogP contribution in [0, 0.1) is 0 Å². The van der Waals surface area contributed by atoms with Crippen LogP contribution in [0.25, 0.3) is 0 Å². The molecule has 0 bridgehead atoms. The Morgan fingerprint density at radius 1 is 1.45 bits per heavy atom. The van der Waals surface area contributed by atoms with Gasteiger partial charge in [-0.05, 0) is 18.2 Å². The van der Waals surface area contributed by atoms with E-state index in [0.29, 0.717) is 0 Å². The lowest BCUT2D eigenvalue weighted by atomic mass is 10.4. The first-order valence-electron chi connectivity index (χ1n) is 3.80. The van der Waals surface area contributed by atoms with Crippen molar-refractivity contribution in [2.24, 2.45) is 0 Å². The summed E-state index contributed by atoms with van der Waals surface area (Å²) in [6, 6.07) is 0. The molecule has 0 N–H and O–H groups in total. The SMILES string of the molecule is CCCCOP1(=S)SCCS1. The molecule has 1 nitrogen and oxygen atoms in total. The van der Waals surface area contributed by atoms with E-state index in [9.17, 15) is 0 Å². The van der Waals surface area contributed by atoms with E-state index in [1.54, 1.807) is 0 Å². The van der Waals surface area contributed by atoms with Gasteiger partial charge in [0.25, 0.3) is 0 Å². The molecule has 0 unspecified atom stereocenters. The van der Waals surface area contributed by atoms with E-state index in [1.165, 1.54) is 17.9 Å². The summed E-state index contributed by atoms with van der Waals surface area (Å²) in [4.78, 5) is 0. The van der Waals surface area contributed by atoms with Gasteiger partial charge in [-0.25, -0.2) is 0 Å². The number of rotatable bonds is 4. The highest BCUT2D eigenvalue weighted by molar-refractivity contribution is 9.00. The van der Waals surface area contributed by atoms with Gasteiger partial charge in [0.05, 0.1) is 6.61 Å². The second-order valence-electron chi connectivity index (χ2n) is 2.30. The van der Waals surface area contributed by atoms with E-state index in [0.717, 1.165) is 13.0 Å². The number of unbranched alkanes of at least 4 members (excludes halogenated alkanes) is 1. The maximum absolute atomic E-state index is 5.68. The first-order valence-corrected chi connectivity index (χ1v) is 9.71. The molecule has 0 aliphatic carbocycles. The molecule has 5 heteroatoms. The largest absolute Gasteiger partial charge is 0.334 e. The van der Waals surface area contributed by atoms with Crippen molar-refractivity contribution < 1.29 is 4.52 Å². The highest BCUT2D eigenvalue weighted by Gasteiger charge is 2.24. The summed E-state index contributed by atoms with van der Waals surface area (Å²) >= 11 is 9.12. The van der Waals surface area contributed by atoms with E-state index in [2.05, 4.69) is 6.92 Å². The number of hydrogen-bond donors (Lipinski definition) is 0. The van der Waals surface area contributed by atoms with Gasteiger partial charge >= 0.3 is 0 Å². The molecule has 0 spiro atoms. The summed E-state index contributed by atoms with van der Waals surface area (Å²) in [5, 5.41) is 0. The van der Waals surface area contributed by atoms with Crippen LogP contribution >= 0.6 is 27.4 Å². The smallest absolute Gasteiger partial charge is 0.174 e. The van der Waals surface area contributed by atoms with Crippen molar-refractivity contribution in [1.29, 1.82) is 0 Å². The average molecular weight is 228 g/mol. The Morgan fingerprint density at radius 2 is 2.09 bits per heavy atom. The van der Waals surface area contributed by atoms with E-state index in [1.807, 2.05) is 22.8 Å². The van der Waals surface area contributed by atoms with Gasteiger partial charge in [0, 0.05) is 11.5 Å². The van der Waals surface area contributed by atoms with Crippen molar-refractivity contribution in [2.45, 2.75) is 19.8 Å². The molecule has 0 radical (unpaired) electrons. The third-order valence-corrected chi connectivity index (χ3v) is 11.2. The van der Waals surface area contributed by atoms with Crippen LogP contribution in [0.2, 0.25) is 0 Å². The van der Waals surface area contributed by atoms with E-state index in [-0.39, 0.29) is 0 Å². The second-order valence-corrected chi connectivity index (χ2v) is 13.0. The van der Waals surface area contributed by atoms with E-state index < -0.39 is 4.67 Å². The maximum Gasteiger partial charge on any atom is 0.174 e. The molecule has 1 aliphatic rings. The van der Waals surface area contributed by atoms with E-state index >= 15 is 0 Å². The zero-order valence-electron chi connectivity index (χ0n) is 6.62. The average Bonchev–Trinajstić information content (AvgIpc) is 2.38. The van der Waals surface area contributed by atoms with Crippen molar-refractivity contribution in [3.05, 3.63) is 0 Å². The molecule has 1 saturated heterocycles.